The Kier molecular flexibility index (Phi) is 6.45. The minimum absolute atomic E-state index is 0.390. The van der Waals surface area contributed by atoms with Crippen LogP contribution in [-0.4, -0.2) is 41.8 Å². The molecule has 3 nitrogen and oxygen atoms in total. The summed E-state index contributed by atoms with van der Waals surface area (Å²) in [5, 5.41) is 10.1. The van der Waals surface area contributed by atoms with Crippen molar-refractivity contribution in [2.45, 2.75) is 58.0 Å². The quantitative estimate of drug-likeness (QED) is 0.718. The first-order valence-corrected chi connectivity index (χ1v) is 7.28. The van der Waals surface area contributed by atoms with Gasteiger partial charge in [0.1, 0.15) is 0 Å². The third kappa shape index (κ3) is 4.94. The van der Waals surface area contributed by atoms with Gasteiger partial charge in [-0.1, -0.05) is 20.3 Å². The van der Waals surface area contributed by atoms with Gasteiger partial charge in [-0.3, -0.25) is 0 Å². The van der Waals surface area contributed by atoms with E-state index in [-0.39, 0.29) is 0 Å². The molecule has 0 aliphatic carbocycles. The third-order valence-corrected chi connectivity index (χ3v) is 4.34. The summed E-state index contributed by atoms with van der Waals surface area (Å²) in [6.07, 6.45) is 6.71. The molecule has 0 radical (unpaired) electrons. The second-order valence-electron chi connectivity index (χ2n) is 5.60. The first-order chi connectivity index (χ1) is 8.13. The van der Waals surface area contributed by atoms with E-state index in [4.69, 9.17) is 5.73 Å². The van der Waals surface area contributed by atoms with Crippen LogP contribution in [0.4, 0.5) is 0 Å². The number of nitrogens with zero attached hydrogens (tertiary/aromatic N) is 1. The highest BCUT2D eigenvalue weighted by Crippen LogP contribution is 2.21. The minimum atomic E-state index is -0.625. The van der Waals surface area contributed by atoms with Crippen LogP contribution in [0.3, 0.4) is 0 Å². The van der Waals surface area contributed by atoms with Crippen molar-refractivity contribution in [2.24, 2.45) is 11.7 Å². The van der Waals surface area contributed by atoms with Crippen molar-refractivity contribution in [2.75, 3.05) is 26.2 Å². The van der Waals surface area contributed by atoms with E-state index in [1.54, 1.807) is 0 Å². The normalized spacial score (nSPS) is 25.8. The monoisotopic (exact) mass is 242 g/mol. The van der Waals surface area contributed by atoms with E-state index in [1.165, 1.54) is 32.4 Å². The Hall–Kier alpha value is -0.120. The van der Waals surface area contributed by atoms with Crippen LogP contribution in [0.1, 0.15) is 52.4 Å². The molecule has 0 bridgehead atoms. The third-order valence-electron chi connectivity index (χ3n) is 4.34. The highest BCUT2D eigenvalue weighted by Gasteiger charge is 2.23. The number of likely N-dealkylation sites (tertiary alicyclic amines) is 1. The highest BCUT2D eigenvalue weighted by molar-refractivity contribution is 4.79. The molecule has 1 aliphatic heterocycles. The predicted octanol–water partition coefficient (Wildman–Crippen LogP) is 1.99. The summed E-state index contributed by atoms with van der Waals surface area (Å²) >= 11 is 0. The first kappa shape index (κ1) is 14.9. The molecule has 0 aromatic rings. The van der Waals surface area contributed by atoms with E-state index in [9.17, 15) is 5.11 Å². The Morgan fingerprint density at radius 1 is 1.41 bits per heavy atom. The molecule has 1 saturated heterocycles. The summed E-state index contributed by atoms with van der Waals surface area (Å²) in [5.41, 5.74) is 4.99. The first-order valence-electron chi connectivity index (χ1n) is 7.28. The molecule has 1 fully saturated rings. The average Bonchev–Trinajstić information content (AvgIpc) is 2.39. The molecular formula is C14H30N2O. The zero-order valence-electron chi connectivity index (χ0n) is 11.6. The predicted molar refractivity (Wildman–Crippen MR) is 73.0 cm³/mol. The summed E-state index contributed by atoms with van der Waals surface area (Å²) < 4.78 is 0. The maximum absolute atomic E-state index is 10.1. The maximum atomic E-state index is 10.1. The number of piperidine rings is 1. The molecular weight excluding hydrogens is 212 g/mol. The van der Waals surface area contributed by atoms with Gasteiger partial charge in [-0.25, -0.2) is 0 Å². The van der Waals surface area contributed by atoms with Gasteiger partial charge in [0.15, 0.2) is 0 Å². The SMILES string of the molecule is CCC1CCCN(CCCC(O)(CC)CN)C1. The average molecular weight is 242 g/mol. The van der Waals surface area contributed by atoms with E-state index < -0.39 is 5.60 Å². The highest BCUT2D eigenvalue weighted by atomic mass is 16.3. The summed E-state index contributed by atoms with van der Waals surface area (Å²) in [5.74, 6) is 0.892. The molecule has 0 aromatic heterocycles. The number of nitrogens with two attached hydrogens (primary N) is 1. The van der Waals surface area contributed by atoms with Crippen LogP contribution in [-0.2, 0) is 0 Å². The smallest absolute Gasteiger partial charge is 0.0767 e. The lowest BCUT2D eigenvalue weighted by Crippen LogP contribution is -2.39. The fourth-order valence-electron chi connectivity index (χ4n) is 2.74. The molecule has 0 aromatic carbocycles. The fraction of sp³-hybridized carbons (Fsp3) is 1.00. The van der Waals surface area contributed by atoms with Crippen molar-refractivity contribution < 1.29 is 5.11 Å². The van der Waals surface area contributed by atoms with E-state index in [0.717, 1.165) is 31.7 Å². The van der Waals surface area contributed by atoms with Gasteiger partial charge in [-0.15, -0.1) is 0 Å². The molecule has 2 atom stereocenters. The molecule has 17 heavy (non-hydrogen) atoms. The molecule has 3 heteroatoms. The van der Waals surface area contributed by atoms with Crippen molar-refractivity contribution in [3.8, 4) is 0 Å². The van der Waals surface area contributed by atoms with Crippen molar-refractivity contribution in [1.29, 1.82) is 0 Å². The van der Waals surface area contributed by atoms with Crippen LogP contribution in [0.2, 0.25) is 0 Å². The molecule has 0 saturated carbocycles. The second kappa shape index (κ2) is 7.34. The Bertz CT molecular complexity index is 204. The summed E-state index contributed by atoms with van der Waals surface area (Å²) in [4.78, 5) is 2.56. The largest absolute Gasteiger partial charge is 0.389 e. The van der Waals surface area contributed by atoms with Crippen molar-refractivity contribution in [3.63, 3.8) is 0 Å². The fourth-order valence-corrected chi connectivity index (χ4v) is 2.74. The molecule has 1 aliphatic rings. The number of hydrogen-bond acceptors (Lipinski definition) is 3. The zero-order chi connectivity index (χ0) is 12.7. The Balaban J connectivity index is 2.21. The van der Waals surface area contributed by atoms with Gasteiger partial charge in [0.25, 0.3) is 0 Å². The van der Waals surface area contributed by atoms with E-state index in [1.807, 2.05) is 6.92 Å². The van der Waals surface area contributed by atoms with Crippen LogP contribution >= 0.6 is 0 Å². The van der Waals surface area contributed by atoms with Gasteiger partial charge in [-0.2, -0.15) is 0 Å². The molecule has 2 unspecified atom stereocenters. The van der Waals surface area contributed by atoms with E-state index in [0.29, 0.717) is 6.54 Å². The van der Waals surface area contributed by atoms with Crippen LogP contribution in [0.5, 0.6) is 0 Å². The zero-order valence-corrected chi connectivity index (χ0v) is 11.6. The summed E-state index contributed by atoms with van der Waals surface area (Å²) in [6.45, 7) is 8.31. The van der Waals surface area contributed by atoms with Crippen LogP contribution in [0.15, 0.2) is 0 Å². The molecule has 1 heterocycles. The molecule has 1 rings (SSSR count). The molecule has 0 amide bonds. The molecule has 102 valence electrons. The lowest BCUT2D eigenvalue weighted by Gasteiger charge is -2.33. The van der Waals surface area contributed by atoms with E-state index in [2.05, 4.69) is 11.8 Å². The minimum Gasteiger partial charge on any atom is -0.389 e. The lowest BCUT2D eigenvalue weighted by molar-refractivity contribution is 0.0301. The summed E-state index contributed by atoms with van der Waals surface area (Å²) in [7, 11) is 0. The number of rotatable bonds is 7. The van der Waals surface area contributed by atoms with E-state index >= 15 is 0 Å². The van der Waals surface area contributed by atoms with Gasteiger partial charge in [-0.05, 0) is 51.1 Å². The number of hydrogen-bond donors (Lipinski definition) is 2. The van der Waals surface area contributed by atoms with Gasteiger partial charge in [0, 0.05) is 13.1 Å². The van der Waals surface area contributed by atoms with Crippen LogP contribution in [0.25, 0.3) is 0 Å². The molecule has 0 spiro atoms. The number of aliphatic hydroxyl groups is 1. The Morgan fingerprint density at radius 2 is 2.18 bits per heavy atom. The maximum Gasteiger partial charge on any atom is 0.0767 e. The van der Waals surface area contributed by atoms with Gasteiger partial charge >= 0.3 is 0 Å². The second-order valence-corrected chi connectivity index (χ2v) is 5.60. The van der Waals surface area contributed by atoms with Crippen molar-refractivity contribution >= 4 is 0 Å². The Morgan fingerprint density at radius 3 is 2.76 bits per heavy atom. The van der Waals surface area contributed by atoms with Gasteiger partial charge in [0.2, 0.25) is 0 Å². The van der Waals surface area contributed by atoms with Crippen molar-refractivity contribution in [1.82, 2.24) is 4.90 Å². The molecule has 3 N–H and O–H groups in total. The topological polar surface area (TPSA) is 49.5 Å². The van der Waals surface area contributed by atoms with Crippen LogP contribution in [0, 0.1) is 5.92 Å². The van der Waals surface area contributed by atoms with Gasteiger partial charge in [0.05, 0.1) is 5.60 Å². The standard InChI is InChI=1S/C14H30N2O/c1-3-13-7-5-9-16(11-13)10-6-8-14(17,4-2)12-15/h13,17H,3-12,15H2,1-2H3. The van der Waals surface area contributed by atoms with Gasteiger partial charge < -0.3 is 15.7 Å². The van der Waals surface area contributed by atoms with Crippen LogP contribution < -0.4 is 5.73 Å². The summed E-state index contributed by atoms with van der Waals surface area (Å²) in [6, 6.07) is 0. The Labute approximate surface area is 106 Å². The lowest BCUT2D eigenvalue weighted by atomic mass is 9.93. The van der Waals surface area contributed by atoms with Crippen molar-refractivity contribution in [3.05, 3.63) is 0 Å².